The van der Waals surface area contributed by atoms with Crippen molar-refractivity contribution in [2.45, 2.75) is 32.1 Å². The minimum absolute atomic E-state index is 0.0104. The summed E-state index contributed by atoms with van der Waals surface area (Å²) in [5, 5.41) is 6.32. The zero-order valence-corrected chi connectivity index (χ0v) is 18.5. The highest BCUT2D eigenvalue weighted by Gasteiger charge is 2.17. The van der Waals surface area contributed by atoms with E-state index in [0.29, 0.717) is 30.2 Å². The average Bonchev–Trinajstić information content (AvgIpc) is 3.25. The van der Waals surface area contributed by atoms with Gasteiger partial charge in [-0.1, -0.05) is 18.3 Å². The van der Waals surface area contributed by atoms with Crippen LogP contribution in [0.3, 0.4) is 0 Å². The van der Waals surface area contributed by atoms with Gasteiger partial charge in [0.1, 0.15) is 0 Å². The van der Waals surface area contributed by atoms with Crippen molar-refractivity contribution in [3.63, 3.8) is 0 Å². The van der Waals surface area contributed by atoms with Gasteiger partial charge in [-0.3, -0.25) is 9.59 Å². The standard InChI is InChI=1S/C19H21BrN4O2S2/c1-2-3-17(25)24-19-23-13-5-4-12(9-15(13)28-19)22-18(26)8-11(10-21)14-6-7-16(20)27-14/h4-7,9,11H,2-3,8,10,21H2,1H3,(H,22,26)(H,23,24,25). The minimum Gasteiger partial charge on any atom is -0.330 e. The van der Waals surface area contributed by atoms with Crippen LogP contribution in [0.5, 0.6) is 0 Å². The number of aromatic nitrogens is 1. The molecule has 6 nitrogen and oxygen atoms in total. The summed E-state index contributed by atoms with van der Waals surface area (Å²) >= 11 is 6.43. The van der Waals surface area contributed by atoms with E-state index in [0.717, 1.165) is 25.3 Å². The Morgan fingerprint density at radius 3 is 2.68 bits per heavy atom. The molecule has 9 heteroatoms. The van der Waals surface area contributed by atoms with Crippen LogP contribution >= 0.6 is 38.6 Å². The summed E-state index contributed by atoms with van der Waals surface area (Å²) in [7, 11) is 0. The van der Waals surface area contributed by atoms with Gasteiger partial charge in [-0.05, 0) is 52.7 Å². The number of rotatable bonds is 8. The first-order valence-electron chi connectivity index (χ1n) is 8.94. The van der Waals surface area contributed by atoms with E-state index in [2.05, 4.69) is 31.5 Å². The topological polar surface area (TPSA) is 97.1 Å². The first-order chi connectivity index (χ1) is 13.5. The third-order valence-corrected chi connectivity index (χ3v) is 6.83. The highest BCUT2D eigenvalue weighted by molar-refractivity contribution is 9.11. The molecule has 0 spiro atoms. The number of anilines is 2. The van der Waals surface area contributed by atoms with Crippen LogP contribution in [-0.2, 0) is 9.59 Å². The molecule has 0 aliphatic rings. The third-order valence-electron chi connectivity index (χ3n) is 4.11. The summed E-state index contributed by atoms with van der Waals surface area (Å²) in [4.78, 5) is 29.7. The lowest BCUT2D eigenvalue weighted by atomic mass is 10.0. The van der Waals surface area contributed by atoms with Gasteiger partial charge in [0.25, 0.3) is 0 Å². The molecule has 0 radical (unpaired) electrons. The van der Waals surface area contributed by atoms with E-state index < -0.39 is 0 Å². The molecule has 0 saturated carbocycles. The van der Waals surface area contributed by atoms with Crippen molar-refractivity contribution in [3.05, 3.63) is 39.0 Å². The van der Waals surface area contributed by atoms with Crippen LogP contribution in [0.15, 0.2) is 34.1 Å². The summed E-state index contributed by atoms with van der Waals surface area (Å²) in [6.45, 7) is 2.37. The number of nitrogens with two attached hydrogens (primary N) is 1. The number of nitrogens with one attached hydrogen (secondary N) is 2. The molecule has 2 amide bonds. The fourth-order valence-corrected chi connectivity index (χ4v) is 5.21. The third kappa shape index (κ3) is 5.38. The number of benzene rings is 1. The largest absolute Gasteiger partial charge is 0.330 e. The molecule has 1 unspecified atom stereocenters. The maximum atomic E-state index is 12.5. The van der Waals surface area contributed by atoms with E-state index in [4.69, 9.17) is 5.73 Å². The summed E-state index contributed by atoms with van der Waals surface area (Å²) in [5.41, 5.74) is 7.36. The number of fused-ring (bicyclic) bond motifs is 1. The number of hydrogen-bond acceptors (Lipinski definition) is 6. The maximum Gasteiger partial charge on any atom is 0.226 e. The van der Waals surface area contributed by atoms with Crippen molar-refractivity contribution in [2.75, 3.05) is 17.2 Å². The number of nitrogens with zero attached hydrogens (tertiary/aromatic N) is 1. The Bertz CT molecular complexity index is 985. The molecule has 0 saturated heterocycles. The van der Waals surface area contributed by atoms with Gasteiger partial charge in [0.2, 0.25) is 11.8 Å². The van der Waals surface area contributed by atoms with E-state index in [1.807, 2.05) is 37.3 Å². The van der Waals surface area contributed by atoms with Gasteiger partial charge in [-0.2, -0.15) is 0 Å². The number of halogens is 1. The molecule has 1 atom stereocenters. The summed E-state index contributed by atoms with van der Waals surface area (Å²) in [5.74, 6) is -0.132. The van der Waals surface area contributed by atoms with Gasteiger partial charge in [-0.25, -0.2) is 4.98 Å². The van der Waals surface area contributed by atoms with Crippen molar-refractivity contribution in [3.8, 4) is 0 Å². The first-order valence-corrected chi connectivity index (χ1v) is 11.4. The lowest BCUT2D eigenvalue weighted by molar-refractivity contribution is -0.117. The molecule has 3 rings (SSSR count). The molecule has 0 aliphatic carbocycles. The molecule has 0 fully saturated rings. The zero-order chi connectivity index (χ0) is 20.1. The second kappa shape index (κ2) is 9.60. The van der Waals surface area contributed by atoms with Gasteiger partial charge in [0.05, 0.1) is 14.0 Å². The summed E-state index contributed by atoms with van der Waals surface area (Å²) in [6.07, 6.45) is 1.59. The van der Waals surface area contributed by atoms with Crippen LogP contribution in [0, 0.1) is 0 Å². The Morgan fingerprint density at radius 1 is 1.18 bits per heavy atom. The van der Waals surface area contributed by atoms with Gasteiger partial charge in [0.15, 0.2) is 5.13 Å². The highest BCUT2D eigenvalue weighted by atomic mass is 79.9. The highest BCUT2D eigenvalue weighted by Crippen LogP contribution is 2.31. The Labute approximate surface area is 179 Å². The van der Waals surface area contributed by atoms with Gasteiger partial charge >= 0.3 is 0 Å². The molecule has 3 aromatic rings. The summed E-state index contributed by atoms with van der Waals surface area (Å²) < 4.78 is 1.93. The second-order valence-corrected chi connectivity index (χ2v) is 9.85. The molecular formula is C19H21BrN4O2S2. The van der Waals surface area contributed by atoms with Crippen LogP contribution in [0.25, 0.3) is 10.2 Å². The Hall–Kier alpha value is -1.81. The van der Waals surface area contributed by atoms with Crippen LogP contribution in [0.4, 0.5) is 10.8 Å². The predicted molar refractivity (Wildman–Crippen MR) is 120 cm³/mol. The summed E-state index contributed by atoms with van der Waals surface area (Å²) in [6, 6.07) is 9.50. The molecule has 4 N–H and O–H groups in total. The second-order valence-electron chi connectivity index (χ2n) is 6.33. The van der Waals surface area contributed by atoms with Crippen molar-refractivity contribution < 1.29 is 9.59 Å². The smallest absolute Gasteiger partial charge is 0.226 e. The quantitative estimate of drug-likeness (QED) is 0.425. The lowest BCUT2D eigenvalue weighted by Crippen LogP contribution is -2.20. The molecule has 0 bridgehead atoms. The lowest BCUT2D eigenvalue weighted by Gasteiger charge is -2.13. The molecular weight excluding hydrogens is 460 g/mol. The van der Waals surface area contributed by atoms with E-state index in [9.17, 15) is 9.59 Å². The Balaban J connectivity index is 1.66. The van der Waals surface area contributed by atoms with Gasteiger partial charge in [-0.15, -0.1) is 11.3 Å². The van der Waals surface area contributed by atoms with Gasteiger partial charge in [0, 0.05) is 35.9 Å². The van der Waals surface area contributed by atoms with Gasteiger partial charge < -0.3 is 16.4 Å². The number of thiazole rings is 1. The molecule has 2 aromatic heterocycles. The van der Waals surface area contributed by atoms with E-state index >= 15 is 0 Å². The van der Waals surface area contributed by atoms with Crippen molar-refractivity contribution in [1.82, 2.24) is 4.98 Å². The number of carbonyl (C=O) groups excluding carboxylic acids is 2. The predicted octanol–water partition coefficient (Wildman–Crippen LogP) is 4.93. The normalized spacial score (nSPS) is 12.1. The number of amides is 2. The zero-order valence-electron chi connectivity index (χ0n) is 15.3. The van der Waals surface area contributed by atoms with E-state index in [-0.39, 0.29) is 17.7 Å². The number of hydrogen-bond donors (Lipinski definition) is 3. The van der Waals surface area contributed by atoms with Crippen molar-refractivity contribution in [1.29, 1.82) is 0 Å². The monoisotopic (exact) mass is 480 g/mol. The minimum atomic E-state index is -0.0830. The molecule has 148 valence electrons. The van der Waals surface area contributed by atoms with Crippen LogP contribution in [0.2, 0.25) is 0 Å². The van der Waals surface area contributed by atoms with Crippen molar-refractivity contribution in [2.24, 2.45) is 5.73 Å². The van der Waals surface area contributed by atoms with Crippen LogP contribution < -0.4 is 16.4 Å². The van der Waals surface area contributed by atoms with Crippen molar-refractivity contribution >= 4 is 71.5 Å². The Kier molecular flexibility index (Phi) is 7.17. The fourth-order valence-electron chi connectivity index (χ4n) is 2.75. The molecule has 2 heterocycles. The average molecular weight is 481 g/mol. The van der Waals surface area contributed by atoms with E-state index in [1.165, 1.54) is 11.3 Å². The maximum absolute atomic E-state index is 12.5. The molecule has 1 aromatic carbocycles. The number of carbonyl (C=O) groups is 2. The molecule has 28 heavy (non-hydrogen) atoms. The Morgan fingerprint density at radius 2 is 2.00 bits per heavy atom. The first kappa shape index (κ1) is 20.9. The number of thiophene rings is 1. The SMILES string of the molecule is CCCC(=O)Nc1nc2ccc(NC(=O)CC(CN)c3ccc(Br)s3)cc2s1. The van der Waals surface area contributed by atoms with Crippen LogP contribution in [-0.4, -0.2) is 23.3 Å². The van der Waals surface area contributed by atoms with E-state index in [1.54, 1.807) is 11.3 Å². The fraction of sp³-hybridized carbons (Fsp3) is 0.316. The molecule has 0 aliphatic heterocycles. The van der Waals surface area contributed by atoms with Crippen LogP contribution in [0.1, 0.15) is 37.0 Å².